The van der Waals surface area contributed by atoms with Crippen LogP contribution in [0.25, 0.3) is 11.1 Å². The molecule has 0 amide bonds. The molecule has 102 valence electrons. The van der Waals surface area contributed by atoms with Crippen molar-refractivity contribution in [3.05, 3.63) is 24.3 Å². The molecule has 2 aromatic rings. The lowest BCUT2D eigenvalue weighted by atomic mass is 9.73. The Balaban J connectivity index is 1.71. The highest BCUT2D eigenvalue weighted by Gasteiger charge is 2.35. The van der Waals surface area contributed by atoms with Gasteiger partial charge in [0.25, 0.3) is 6.01 Å². The molecule has 1 aliphatic carbocycles. The number of benzene rings is 1. The normalized spacial score (nSPS) is 27.6. The molecule has 1 fully saturated rings. The molecule has 19 heavy (non-hydrogen) atoms. The Morgan fingerprint density at radius 3 is 3.05 bits per heavy atom. The monoisotopic (exact) mass is 260 g/mol. The average Bonchev–Trinajstić information content (AvgIpc) is 2.83. The molecule has 1 aromatic carbocycles. The molecular formula is C15H20N2O2. The van der Waals surface area contributed by atoms with Crippen LogP contribution in [0.5, 0.6) is 0 Å². The summed E-state index contributed by atoms with van der Waals surface area (Å²) in [6.45, 7) is 2.83. The Labute approximate surface area is 112 Å². The smallest absolute Gasteiger partial charge is 0.295 e. The fourth-order valence-electron chi connectivity index (χ4n) is 2.81. The van der Waals surface area contributed by atoms with Crippen LogP contribution < -0.4 is 5.32 Å². The minimum atomic E-state index is -0.238. The minimum absolute atomic E-state index is 0.0844. The van der Waals surface area contributed by atoms with Crippen molar-refractivity contribution in [3.63, 3.8) is 0 Å². The number of oxazole rings is 1. The summed E-state index contributed by atoms with van der Waals surface area (Å²) in [5.41, 5.74) is 1.57. The van der Waals surface area contributed by atoms with Crippen LogP contribution in [0.4, 0.5) is 6.01 Å². The lowest BCUT2D eigenvalue weighted by Crippen LogP contribution is -2.41. The third-order valence-corrected chi connectivity index (χ3v) is 4.22. The van der Waals surface area contributed by atoms with Crippen molar-refractivity contribution < 1.29 is 9.52 Å². The number of nitrogens with one attached hydrogen (secondary N) is 1. The number of nitrogens with zero attached hydrogens (tertiary/aromatic N) is 1. The van der Waals surface area contributed by atoms with E-state index >= 15 is 0 Å². The average molecular weight is 260 g/mol. The summed E-state index contributed by atoms with van der Waals surface area (Å²) >= 11 is 0. The molecule has 1 saturated carbocycles. The first kappa shape index (κ1) is 12.5. The van der Waals surface area contributed by atoms with Crippen LogP contribution in [0, 0.1) is 5.41 Å². The number of hydrogen-bond donors (Lipinski definition) is 2. The van der Waals surface area contributed by atoms with Gasteiger partial charge >= 0.3 is 0 Å². The fourth-order valence-corrected chi connectivity index (χ4v) is 2.81. The second-order valence-corrected chi connectivity index (χ2v) is 5.76. The molecule has 0 aliphatic heterocycles. The van der Waals surface area contributed by atoms with Gasteiger partial charge in [-0.05, 0) is 25.0 Å². The Morgan fingerprint density at radius 1 is 1.42 bits per heavy atom. The molecule has 1 aliphatic rings. The van der Waals surface area contributed by atoms with Gasteiger partial charge in [0, 0.05) is 12.0 Å². The SMILES string of the molecule is CC1(CNc2nc3ccccc3o2)CCCCC1O. The first-order valence-corrected chi connectivity index (χ1v) is 6.95. The molecule has 0 radical (unpaired) electrons. The summed E-state index contributed by atoms with van der Waals surface area (Å²) in [4.78, 5) is 4.39. The molecule has 1 heterocycles. The summed E-state index contributed by atoms with van der Waals surface area (Å²) in [6, 6.07) is 8.26. The molecule has 4 heteroatoms. The number of fused-ring (bicyclic) bond motifs is 1. The second-order valence-electron chi connectivity index (χ2n) is 5.76. The molecule has 0 saturated heterocycles. The number of para-hydroxylation sites is 2. The van der Waals surface area contributed by atoms with E-state index in [1.807, 2.05) is 24.3 Å². The predicted octanol–water partition coefficient (Wildman–Crippen LogP) is 3.18. The van der Waals surface area contributed by atoms with Gasteiger partial charge in [0.1, 0.15) is 5.52 Å². The quantitative estimate of drug-likeness (QED) is 0.890. The molecule has 3 rings (SSSR count). The second kappa shape index (κ2) is 4.85. The summed E-state index contributed by atoms with van der Waals surface area (Å²) in [6.07, 6.45) is 4.01. The first-order chi connectivity index (χ1) is 9.17. The summed E-state index contributed by atoms with van der Waals surface area (Å²) in [5.74, 6) is 0. The van der Waals surface area contributed by atoms with E-state index < -0.39 is 0 Å². The highest BCUT2D eigenvalue weighted by Crippen LogP contribution is 2.36. The Hall–Kier alpha value is -1.55. The maximum Gasteiger partial charge on any atom is 0.295 e. The van der Waals surface area contributed by atoms with Crippen LogP contribution >= 0.6 is 0 Å². The van der Waals surface area contributed by atoms with Crippen molar-refractivity contribution in [2.24, 2.45) is 5.41 Å². The topological polar surface area (TPSA) is 58.3 Å². The number of aromatic nitrogens is 1. The van der Waals surface area contributed by atoms with Crippen molar-refractivity contribution in [2.45, 2.75) is 38.7 Å². The number of rotatable bonds is 3. The zero-order valence-electron chi connectivity index (χ0n) is 11.2. The van der Waals surface area contributed by atoms with E-state index in [4.69, 9.17) is 4.42 Å². The van der Waals surface area contributed by atoms with E-state index in [0.29, 0.717) is 12.6 Å². The molecular weight excluding hydrogens is 240 g/mol. The van der Waals surface area contributed by atoms with Gasteiger partial charge < -0.3 is 14.8 Å². The van der Waals surface area contributed by atoms with Gasteiger partial charge in [-0.3, -0.25) is 0 Å². The van der Waals surface area contributed by atoms with Crippen LogP contribution in [-0.2, 0) is 0 Å². The van der Waals surface area contributed by atoms with Gasteiger partial charge in [-0.15, -0.1) is 0 Å². The Morgan fingerprint density at radius 2 is 2.26 bits per heavy atom. The van der Waals surface area contributed by atoms with Crippen LogP contribution in [0.15, 0.2) is 28.7 Å². The maximum absolute atomic E-state index is 10.2. The number of hydrogen-bond acceptors (Lipinski definition) is 4. The van der Waals surface area contributed by atoms with Gasteiger partial charge in [0.15, 0.2) is 5.58 Å². The third kappa shape index (κ3) is 2.45. The van der Waals surface area contributed by atoms with Crippen molar-refractivity contribution in [1.29, 1.82) is 0 Å². The fraction of sp³-hybridized carbons (Fsp3) is 0.533. The molecule has 0 bridgehead atoms. The van der Waals surface area contributed by atoms with Gasteiger partial charge in [-0.2, -0.15) is 4.98 Å². The summed E-state index contributed by atoms with van der Waals surface area (Å²) < 4.78 is 5.64. The molecule has 2 unspecified atom stereocenters. The number of anilines is 1. The standard InChI is InChI=1S/C15H20N2O2/c1-15(9-5-4-8-13(15)18)10-16-14-17-11-6-2-3-7-12(11)19-14/h2-3,6-7,13,18H,4-5,8-10H2,1H3,(H,16,17). The largest absolute Gasteiger partial charge is 0.424 e. The molecule has 2 N–H and O–H groups in total. The maximum atomic E-state index is 10.2. The number of aliphatic hydroxyl groups excluding tert-OH is 1. The van der Waals surface area contributed by atoms with Gasteiger partial charge in [-0.25, -0.2) is 0 Å². The third-order valence-electron chi connectivity index (χ3n) is 4.22. The summed E-state index contributed by atoms with van der Waals surface area (Å²) in [7, 11) is 0. The molecule has 4 nitrogen and oxygen atoms in total. The van der Waals surface area contributed by atoms with E-state index in [1.54, 1.807) is 0 Å². The van der Waals surface area contributed by atoms with Crippen LogP contribution in [0.3, 0.4) is 0 Å². The highest BCUT2D eigenvalue weighted by molar-refractivity contribution is 5.74. The Bertz CT molecular complexity index is 533. The zero-order chi connectivity index (χ0) is 13.3. The van der Waals surface area contributed by atoms with E-state index in [2.05, 4.69) is 17.2 Å². The Kier molecular flexibility index (Phi) is 3.19. The van der Waals surface area contributed by atoms with E-state index in [-0.39, 0.29) is 11.5 Å². The van der Waals surface area contributed by atoms with Gasteiger partial charge in [0.2, 0.25) is 0 Å². The van der Waals surface area contributed by atoms with Crippen LogP contribution in [-0.4, -0.2) is 22.7 Å². The summed E-state index contributed by atoms with van der Waals surface area (Å²) in [5, 5.41) is 13.4. The van der Waals surface area contributed by atoms with E-state index in [9.17, 15) is 5.11 Å². The minimum Gasteiger partial charge on any atom is -0.424 e. The van der Waals surface area contributed by atoms with E-state index in [1.165, 1.54) is 6.42 Å². The molecule has 1 aromatic heterocycles. The van der Waals surface area contributed by atoms with Crippen molar-refractivity contribution >= 4 is 17.1 Å². The molecule has 0 spiro atoms. The van der Waals surface area contributed by atoms with Crippen LogP contribution in [0.1, 0.15) is 32.6 Å². The highest BCUT2D eigenvalue weighted by atomic mass is 16.4. The van der Waals surface area contributed by atoms with E-state index in [0.717, 1.165) is 30.4 Å². The number of aliphatic hydroxyl groups is 1. The predicted molar refractivity (Wildman–Crippen MR) is 75.1 cm³/mol. The van der Waals surface area contributed by atoms with Crippen LogP contribution in [0.2, 0.25) is 0 Å². The van der Waals surface area contributed by atoms with Crippen molar-refractivity contribution in [2.75, 3.05) is 11.9 Å². The van der Waals surface area contributed by atoms with Crippen molar-refractivity contribution in [1.82, 2.24) is 4.98 Å². The van der Waals surface area contributed by atoms with Gasteiger partial charge in [-0.1, -0.05) is 31.9 Å². The lowest BCUT2D eigenvalue weighted by Gasteiger charge is -2.38. The van der Waals surface area contributed by atoms with Gasteiger partial charge in [0.05, 0.1) is 6.10 Å². The van der Waals surface area contributed by atoms with Crippen molar-refractivity contribution in [3.8, 4) is 0 Å². The molecule has 2 atom stereocenters. The first-order valence-electron chi connectivity index (χ1n) is 6.95. The lowest BCUT2D eigenvalue weighted by molar-refractivity contribution is 0.00936. The zero-order valence-corrected chi connectivity index (χ0v) is 11.2.